The van der Waals surface area contributed by atoms with E-state index >= 15 is 0 Å². The van der Waals surface area contributed by atoms with E-state index in [4.69, 9.17) is 4.74 Å². The maximum Gasteiger partial charge on any atom is 0.229 e. The lowest BCUT2D eigenvalue weighted by Gasteiger charge is -2.38. The summed E-state index contributed by atoms with van der Waals surface area (Å²) in [6, 6.07) is 14.7. The third-order valence-electron chi connectivity index (χ3n) is 9.43. The van der Waals surface area contributed by atoms with Crippen molar-refractivity contribution >= 4 is 34.1 Å². The predicted molar refractivity (Wildman–Crippen MR) is 165 cm³/mol. The fourth-order valence-electron chi connectivity index (χ4n) is 6.82. The lowest BCUT2D eigenvalue weighted by atomic mass is 9.77. The molecule has 1 spiro atoms. The Labute approximate surface area is 256 Å². The maximum absolute atomic E-state index is 13.5. The van der Waals surface area contributed by atoms with Gasteiger partial charge in [-0.1, -0.05) is 43.2 Å². The van der Waals surface area contributed by atoms with Crippen LogP contribution < -0.4 is 10.1 Å². The zero-order valence-corrected chi connectivity index (χ0v) is 26.4. The van der Waals surface area contributed by atoms with Gasteiger partial charge in [0.05, 0.1) is 23.5 Å². The minimum absolute atomic E-state index is 0. The molecule has 1 atom stereocenters. The molecule has 2 aromatic carbocycles. The van der Waals surface area contributed by atoms with E-state index in [1.807, 2.05) is 29.2 Å². The molecule has 1 saturated carbocycles. The zero-order chi connectivity index (χ0) is 29.0. The molecular formula is C32H44ClN3O5S. The third kappa shape index (κ3) is 7.29. The fraction of sp³-hybridized carbons (Fsp3) is 0.562. The third-order valence-corrected chi connectivity index (χ3v) is 10.6. The van der Waals surface area contributed by atoms with Crippen LogP contribution in [0.5, 0.6) is 5.75 Å². The lowest BCUT2D eigenvalue weighted by Crippen LogP contribution is -2.45. The van der Waals surface area contributed by atoms with Crippen molar-refractivity contribution in [3.8, 4) is 5.75 Å². The van der Waals surface area contributed by atoms with Crippen molar-refractivity contribution < 1.29 is 22.7 Å². The summed E-state index contributed by atoms with van der Waals surface area (Å²) in [6.45, 7) is 3.80. The largest absolute Gasteiger partial charge is 0.496 e. The van der Waals surface area contributed by atoms with Gasteiger partial charge >= 0.3 is 0 Å². The number of carbonyl (C=O) groups is 2. The highest BCUT2D eigenvalue weighted by Crippen LogP contribution is 2.42. The van der Waals surface area contributed by atoms with E-state index in [1.165, 1.54) is 6.26 Å². The average Bonchev–Trinajstić information content (AvgIpc) is 3.62. The van der Waals surface area contributed by atoms with Gasteiger partial charge < -0.3 is 19.9 Å². The number of rotatable bonds is 10. The van der Waals surface area contributed by atoms with Crippen molar-refractivity contribution in [3.63, 3.8) is 0 Å². The number of piperidine rings is 1. The minimum atomic E-state index is -3.24. The van der Waals surface area contributed by atoms with Crippen LogP contribution in [0.2, 0.25) is 0 Å². The first-order valence-corrected chi connectivity index (χ1v) is 16.8. The Kier molecular flexibility index (Phi) is 10.6. The van der Waals surface area contributed by atoms with E-state index in [2.05, 4.69) is 10.2 Å². The van der Waals surface area contributed by atoms with E-state index in [0.29, 0.717) is 11.4 Å². The smallest absolute Gasteiger partial charge is 0.229 e. The molecule has 1 N–H and O–H groups in total. The van der Waals surface area contributed by atoms with Crippen LogP contribution in [0, 0.1) is 11.3 Å². The number of hydrogen-bond donors (Lipinski definition) is 1. The van der Waals surface area contributed by atoms with Crippen LogP contribution in [0.15, 0.2) is 53.4 Å². The average molecular weight is 618 g/mol. The van der Waals surface area contributed by atoms with Gasteiger partial charge in [-0.05, 0) is 75.4 Å². The summed E-state index contributed by atoms with van der Waals surface area (Å²) in [5.74, 6) is 1.28. The highest BCUT2D eigenvalue weighted by atomic mass is 35.5. The van der Waals surface area contributed by atoms with Crippen LogP contribution >= 0.6 is 12.4 Å². The molecule has 8 nitrogen and oxygen atoms in total. The predicted octanol–water partition coefficient (Wildman–Crippen LogP) is 4.77. The molecule has 2 saturated heterocycles. The number of halogens is 1. The number of hydrogen-bond acceptors (Lipinski definition) is 6. The van der Waals surface area contributed by atoms with Gasteiger partial charge in [-0.25, -0.2) is 8.42 Å². The first-order valence-electron chi connectivity index (χ1n) is 14.9. The SMILES string of the molecule is COc1ccccc1C(CCN1CCC2(CC1)CCN(Cc1ccc(S(C)(=O)=O)cc1)C2=O)NC(=O)C1CCCC1.Cl. The van der Waals surface area contributed by atoms with Crippen molar-refractivity contribution in [1.82, 2.24) is 15.1 Å². The van der Waals surface area contributed by atoms with Crippen molar-refractivity contribution in [2.75, 3.05) is 39.5 Å². The van der Waals surface area contributed by atoms with Gasteiger partial charge in [0, 0.05) is 37.4 Å². The highest BCUT2D eigenvalue weighted by Gasteiger charge is 2.47. The van der Waals surface area contributed by atoms with Crippen LogP contribution in [0.4, 0.5) is 0 Å². The summed E-state index contributed by atoms with van der Waals surface area (Å²) in [6.07, 6.45) is 8.71. The summed E-state index contributed by atoms with van der Waals surface area (Å²) in [7, 11) is -1.57. The lowest BCUT2D eigenvalue weighted by molar-refractivity contribution is -0.139. The number of benzene rings is 2. The molecule has 3 aliphatic rings. The van der Waals surface area contributed by atoms with E-state index < -0.39 is 9.84 Å². The van der Waals surface area contributed by atoms with Crippen LogP contribution in [-0.2, 0) is 26.0 Å². The van der Waals surface area contributed by atoms with Crippen molar-refractivity contribution in [2.24, 2.45) is 11.3 Å². The second-order valence-electron chi connectivity index (χ2n) is 12.1. The number of methoxy groups -OCH3 is 1. The fourth-order valence-corrected chi connectivity index (χ4v) is 7.45. The Bertz CT molecular complexity index is 1340. The number of carbonyl (C=O) groups excluding carboxylic acids is 2. The summed E-state index contributed by atoms with van der Waals surface area (Å²) in [5, 5.41) is 3.35. The molecule has 2 aromatic rings. The molecule has 10 heteroatoms. The molecular weight excluding hydrogens is 574 g/mol. The molecule has 1 aliphatic carbocycles. The van der Waals surface area contributed by atoms with Gasteiger partial charge in [0.1, 0.15) is 5.75 Å². The number of sulfone groups is 1. The van der Waals surface area contributed by atoms with Gasteiger partial charge in [0.25, 0.3) is 0 Å². The molecule has 0 radical (unpaired) electrons. The van der Waals surface area contributed by atoms with E-state index in [9.17, 15) is 18.0 Å². The Morgan fingerprint density at radius 1 is 1.02 bits per heavy atom. The molecule has 2 aliphatic heterocycles. The molecule has 1 unspecified atom stereocenters. The summed E-state index contributed by atoms with van der Waals surface area (Å²) in [4.78, 5) is 31.3. The van der Waals surface area contributed by atoms with E-state index in [1.54, 1.807) is 31.4 Å². The van der Waals surface area contributed by atoms with Crippen LogP contribution in [-0.4, -0.2) is 69.6 Å². The van der Waals surface area contributed by atoms with Gasteiger partial charge in [-0.3, -0.25) is 9.59 Å². The van der Waals surface area contributed by atoms with Crippen LogP contribution in [0.25, 0.3) is 0 Å². The van der Waals surface area contributed by atoms with Crippen molar-refractivity contribution in [2.45, 2.75) is 68.8 Å². The summed E-state index contributed by atoms with van der Waals surface area (Å²) in [5.41, 5.74) is 1.66. The van der Waals surface area contributed by atoms with E-state index in [-0.39, 0.29) is 41.6 Å². The first kappa shape index (κ1) is 32.3. The number of ether oxygens (including phenoxy) is 1. The summed E-state index contributed by atoms with van der Waals surface area (Å²) >= 11 is 0. The molecule has 42 heavy (non-hydrogen) atoms. The van der Waals surface area contributed by atoms with Crippen molar-refractivity contribution in [3.05, 3.63) is 59.7 Å². The normalized spacial score (nSPS) is 20.0. The standard InChI is InChI=1S/C32H43N3O5S.ClH/c1-40-29-10-6-5-9-27(29)28(33-30(36)25-7-3-4-8-25)15-19-34-20-16-32(17-21-34)18-22-35(31(32)37)23-24-11-13-26(14-12-24)41(2,38)39;/h5-6,9-14,25,28H,3-4,7-8,15-23H2,1-2H3,(H,33,36);1H. The molecule has 230 valence electrons. The van der Waals surface area contributed by atoms with E-state index in [0.717, 1.165) is 94.4 Å². The van der Waals surface area contributed by atoms with Crippen LogP contribution in [0.1, 0.15) is 68.5 Å². The summed E-state index contributed by atoms with van der Waals surface area (Å²) < 4.78 is 29.2. The van der Waals surface area contributed by atoms with Gasteiger partial charge in [0.2, 0.25) is 11.8 Å². The molecule has 0 aromatic heterocycles. The molecule has 3 fully saturated rings. The molecule has 2 amide bonds. The Morgan fingerprint density at radius 2 is 1.67 bits per heavy atom. The molecule has 0 bridgehead atoms. The number of amides is 2. The number of nitrogens with one attached hydrogen (secondary N) is 1. The number of para-hydroxylation sites is 1. The maximum atomic E-state index is 13.5. The zero-order valence-electron chi connectivity index (χ0n) is 24.7. The molecule has 5 rings (SSSR count). The second kappa shape index (κ2) is 13.8. The first-order chi connectivity index (χ1) is 19.7. The minimum Gasteiger partial charge on any atom is -0.496 e. The monoisotopic (exact) mass is 617 g/mol. The second-order valence-corrected chi connectivity index (χ2v) is 14.1. The Balaban J connectivity index is 0.00000405. The number of likely N-dealkylation sites (tertiary alicyclic amines) is 2. The topological polar surface area (TPSA) is 96.0 Å². The highest BCUT2D eigenvalue weighted by molar-refractivity contribution is 7.90. The quantitative estimate of drug-likeness (QED) is 0.413. The van der Waals surface area contributed by atoms with Gasteiger partial charge in [-0.15, -0.1) is 12.4 Å². The van der Waals surface area contributed by atoms with Gasteiger partial charge in [0.15, 0.2) is 9.84 Å². The van der Waals surface area contributed by atoms with Crippen LogP contribution in [0.3, 0.4) is 0 Å². The molecule has 2 heterocycles. The number of nitrogens with zero attached hydrogens (tertiary/aromatic N) is 2. The Morgan fingerprint density at radius 3 is 2.31 bits per heavy atom. The van der Waals surface area contributed by atoms with Gasteiger partial charge in [-0.2, -0.15) is 0 Å². The van der Waals surface area contributed by atoms with Crippen molar-refractivity contribution in [1.29, 1.82) is 0 Å². The Hall–Kier alpha value is -2.62.